The van der Waals surface area contributed by atoms with Crippen LogP contribution in [-0.2, 0) is 0 Å². The lowest BCUT2D eigenvalue weighted by atomic mass is 10.0. The van der Waals surface area contributed by atoms with Crippen LogP contribution in [0.2, 0.25) is 0 Å². The first-order valence-electron chi connectivity index (χ1n) is 7.94. The molecule has 0 bridgehead atoms. The number of nitrogens with zero attached hydrogens (tertiary/aromatic N) is 1. The SMILES string of the molecule is CCC(CC)CN(CC)CCC(N)c1cc(F)cc(F)c1. The number of hydrogen-bond donors (Lipinski definition) is 1. The third-order valence-corrected chi connectivity index (χ3v) is 4.19. The van der Waals surface area contributed by atoms with Crippen LogP contribution >= 0.6 is 0 Å². The van der Waals surface area contributed by atoms with Gasteiger partial charge >= 0.3 is 0 Å². The molecule has 1 aromatic rings. The zero-order chi connectivity index (χ0) is 15.8. The molecule has 0 aromatic heterocycles. The maximum absolute atomic E-state index is 13.2. The van der Waals surface area contributed by atoms with Gasteiger partial charge in [-0.05, 0) is 43.1 Å². The molecule has 0 aliphatic heterocycles. The minimum atomic E-state index is -0.565. The lowest BCUT2D eigenvalue weighted by Crippen LogP contribution is -2.32. The standard InChI is InChI=1S/C17H28F2N2/c1-4-13(5-2)12-21(6-3)8-7-17(20)14-9-15(18)11-16(19)10-14/h9-11,13,17H,4-8,12,20H2,1-3H3. The highest BCUT2D eigenvalue weighted by Gasteiger charge is 2.13. The summed E-state index contributed by atoms with van der Waals surface area (Å²) in [6.07, 6.45) is 3.05. The summed E-state index contributed by atoms with van der Waals surface area (Å²) in [5.74, 6) is -0.428. The van der Waals surface area contributed by atoms with Gasteiger partial charge in [-0.1, -0.05) is 33.6 Å². The van der Waals surface area contributed by atoms with Crippen LogP contribution in [0.25, 0.3) is 0 Å². The Kier molecular flexibility index (Phi) is 7.83. The van der Waals surface area contributed by atoms with Crippen LogP contribution in [0.1, 0.15) is 51.6 Å². The fourth-order valence-corrected chi connectivity index (χ4v) is 2.57. The Morgan fingerprint density at radius 2 is 1.62 bits per heavy atom. The Bertz CT molecular complexity index is 399. The fourth-order valence-electron chi connectivity index (χ4n) is 2.57. The number of rotatable bonds is 9. The van der Waals surface area contributed by atoms with E-state index in [1.807, 2.05) is 0 Å². The van der Waals surface area contributed by atoms with E-state index in [9.17, 15) is 8.78 Å². The van der Waals surface area contributed by atoms with Crippen LogP contribution in [-0.4, -0.2) is 24.5 Å². The highest BCUT2D eigenvalue weighted by molar-refractivity contribution is 5.21. The molecule has 2 N–H and O–H groups in total. The summed E-state index contributed by atoms with van der Waals surface area (Å²) in [6, 6.07) is 3.20. The van der Waals surface area contributed by atoms with E-state index in [0.29, 0.717) is 17.9 Å². The Morgan fingerprint density at radius 1 is 1.05 bits per heavy atom. The van der Waals surface area contributed by atoms with E-state index in [0.717, 1.165) is 25.7 Å². The van der Waals surface area contributed by atoms with Crippen LogP contribution in [0, 0.1) is 17.6 Å². The number of halogens is 2. The van der Waals surface area contributed by atoms with E-state index < -0.39 is 11.6 Å². The first-order valence-corrected chi connectivity index (χ1v) is 7.94. The molecule has 0 aliphatic rings. The molecule has 0 heterocycles. The van der Waals surface area contributed by atoms with Crippen molar-refractivity contribution in [1.29, 1.82) is 0 Å². The lowest BCUT2D eigenvalue weighted by Gasteiger charge is -2.26. The van der Waals surface area contributed by atoms with Gasteiger partial charge in [-0.25, -0.2) is 8.78 Å². The van der Waals surface area contributed by atoms with Gasteiger partial charge in [0.2, 0.25) is 0 Å². The molecule has 0 saturated carbocycles. The minimum absolute atomic E-state index is 0.328. The Hall–Kier alpha value is -1.00. The van der Waals surface area contributed by atoms with Gasteiger partial charge in [0.05, 0.1) is 0 Å². The summed E-state index contributed by atoms with van der Waals surface area (Å²) in [7, 11) is 0. The van der Waals surface area contributed by atoms with Gasteiger partial charge in [-0.15, -0.1) is 0 Å². The Balaban J connectivity index is 2.55. The minimum Gasteiger partial charge on any atom is -0.324 e. The van der Waals surface area contributed by atoms with Gasteiger partial charge in [0, 0.05) is 18.7 Å². The number of hydrogen-bond acceptors (Lipinski definition) is 2. The number of nitrogens with two attached hydrogens (primary N) is 1. The zero-order valence-electron chi connectivity index (χ0n) is 13.4. The van der Waals surface area contributed by atoms with Gasteiger partial charge in [-0.2, -0.15) is 0 Å². The molecule has 2 nitrogen and oxygen atoms in total. The van der Waals surface area contributed by atoms with Crippen molar-refractivity contribution < 1.29 is 8.78 Å². The van der Waals surface area contributed by atoms with Crippen LogP contribution in [0.4, 0.5) is 8.78 Å². The highest BCUT2D eigenvalue weighted by Crippen LogP contribution is 2.18. The van der Waals surface area contributed by atoms with Crippen molar-refractivity contribution in [2.45, 2.75) is 46.1 Å². The highest BCUT2D eigenvalue weighted by atomic mass is 19.1. The third-order valence-electron chi connectivity index (χ3n) is 4.19. The van der Waals surface area contributed by atoms with Crippen LogP contribution < -0.4 is 5.73 Å². The van der Waals surface area contributed by atoms with Crippen molar-refractivity contribution in [2.75, 3.05) is 19.6 Å². The maximum atomic E-state index is 13.2. The maximum Gasteiger partial charge on any atom is 0.126 e. The molecule has 120 valence electrons. The topological polar surface area (TPSA) is 29.3 Å². The van der Waals surface area contributed by atoms with Crippen molar-refractivity contribution in [3.63, 3.8) is 0 Å². The predicted molar refractivity (Wildman–Crippen MR) is 84.1 cm³/mol. The Morgan fingerprint density at radius 3 is 2.10 bits per heavy atom. The van der Waals surface area contributed by atoms with Gasteiger partial charge < -0.3 is 10.6 Å². The van der Waals surface area contributed by atoms with Crippen molar-refractivity contribution in [2.24, 2.45) is 11.7 Å². The van der Waals surface area contributed by atoms with Gasteiger partial charge in [0.25, 0.3) is 0 Å². The van der Waals surface area contributed by atoms with Crippen LogP contribution in [0.3, 0.4) is 0 Å². The summed E-state index contributed by atoms with van der Waals surface area (Å²) in [4.78, 5) is 2.37. The molecule has 0 spiro atoms. The molecule has 0 amide bonds. The van der Waals surface area contributed by atoms with Crippen LogP contribution in [0.15, 0.2) is 18.2 Å². The average molecular weight is 298 g/mol. The molecule has 21 heavy (non-hydrogen) atoms. The van der Waals surface area contributed by atoms with E-state index in [4.69, 9.17) is 5.73 Å². The first kappa shape index (κ1) is 18.1. The van der Waals surface area contributed by atoms with Gasteiger partial charge in [0.15, 0.2) is 0 Å². The van der Waals surface area contributed by atoms with E-state index in [2.05, 4.69) is 25.7 Å². The smallest absolute Gasteiger partial charge is 0.126 e. The molecule has 0 saturated heterocycles. The molecule has 0 fully saturated rings. The summed E-state index contributed by atoms with van der Waals surface area (Å²) < 4.78 is 26.4. The average Bonchev–Trinajstić information content (AvgIpc) is 2.46. The molecule has 1 aromatic carbocycles. The van der Waals surface area contributed by atoms with Gasteiger partial charge in [-0.3, -0.25) is 0 Å². The quantitative estimate of drug-likeness (QED) is 0.743. The normalized spacial score (nSPS) is 13.1. The largest absolute Gasteiger partial charge is 0.324 e. The fraction of sp³-hybridized carbons (Fsp3) is 0.647. The monoisotopic (exact) mass is 298 g/mol. The summed E-state index contributed by atoms with van der Waals surface area (Å²) in [5.41, 5.74) is 6.61. The zero-order valence-corrected chi connectivity index (χ0v) is 13.4. The molecule has 0 radical (unpaired) electrons. The summed E-state index contributed by atoms with van der Waals surface area (Å²) in [5, 5.41) is 0. The first-order chi connectivity index (χ1) is 9.99. The summed E-state index contributed by atoms with van der Waals surface area (Å²) in [6.45, 7) is 9.45. The van der Waals surface area contributed by atoms with E-state index in [1.54, 1.807) is 0 Å². The van der Waals surface area contributed by atoms with Gasteiger partial charge in [0.1, 0.15) is 11.6 Å². The van der Waals surface area contributed by atoms with Crippen molar-refractivity contribution in [3.05, 3.63) is 35.4 Å². The summed E-state index contributed by atoms with van der Waals surface area (Å²) >= 11 is 0. The predicted octanol–water partition coefficient (Wildman–Crippen LogP) is 4.11. The lowest BCUT2D eigenvalue weighted by molar-refractivity contribution is 0.226. The Labute approximate surface area is 127 Å². The molecule has 0 aliphatic carbocycles. The molecular formula is C17H28F2N2. The molecule has 4 heteroatoms. The second-order valence-electron chi connectivity index (χ2n) is 5.67. The van der Waals surface area contributed by atoms with E-state index >= 15 is 0 Å². The van der Waals surface area contributed by atoms with Crippen molar-refractivity contribution in [1.82, 2.24) is 4.90 Å². The van der Waals surface area contributed by atoms with E-state index in [1.165, 1.54) is 25.0 Å². The van der Waals surface area contributed by atoms with Crippen molar-refractivity contribution in [3.8, 4) is 0 Å². The second-order valence-corrected chi connectivity index (χ2v) is 5.67. The van der Waals surface area contributed by atoms with E-state index in [-0.39, 0.29) is 6.04 Å². The molecule has 1 unspecified atom stereocenters. The van der Waals surface area contributed by atoms with Crippen LogP contribution in [0.5, 0.6) is 0 Å². The molecule has 1 rings (SSSR count). The molecular weight excluding hydrogens is 270 g/mol. The third kappa shape index (κ3) is 6.10. The molecule has 1 atom stereocenters. The van der Waals surface area contributed by atoms with Crippen molar-refractivity contribution >= 4 is 0 Å². The second kappa shape index (κ2) is 9.11. The number of benzene rings is 1.